The summed E-state index contributed by atoms with van der Waals surface area (Å²) in [5, 5.41) is 9.33. The van der Waals surface area contributed by atoms with E-state index in [1.807, 2.05) is 12.1 Å². The normalized spacial score (nSPS) is 24.7. The van der Waals surface area contributed by atoms with E-state index >= 15 is 0 Å². The lowest BCUT2D eigenvalue weighted by atomic mass is 9.59. The van der Waals surface area contributed by atoms with Crippen LogP contribution in [0.5, 0.6) is 0 Å². The summed E-state index contributed by atoms with van der Waals surface area (Å²) in [7, 11) is 1.74. The fraction of sp³-hybridized carbons (Fsp3) is 0.214. The Morgan fingerprint density at radius 3 is 1.94 bits per heavy atom. The molecule has 1 fully saturated rings. The molecule has 6 rings (SSSR count). The van der Waals surface area contributed by atoms with Gasteiger partial charge in [-0.3, -0.25) is 19.3 Å². The monoisotopic (exact) mass is 451 g/mol. The number of likely N-dealkylation sites (N-methyl/N-ethyl adjacent to an activating group) is 1. The van der Waals surface area contributed by atoms with E-state index in [9.17, 15) is 24.3 Å². The molecule has 34 heavy (non-hydrogen) atoms. The van der Waals surface area contributed by atoms with Gasteiger partial charge in [0, 0.05) is 29.2 Å². The molecule has 168 valence electrons. The van der Waals surface area contributed by atoms with E-state index in [1.54, 1.807) is 60.5 Å². The molecule has 0 amide bonds. The minimum absolute atomic E-state index is 0.139. The second-order valence-corrected chi connectivity index (χ2v) is 9.41. The Hall–Kier alpha value is -3.90. The number of carboxylic acid groups (broad SMARTS) is 1. The zero-order chi connectivity index (χ0) is 23.8. The molecular weight excluding hydrogens is 430 g/mol. The fourth-order valence-electron chi connectivity index (χ4n) is 6.62. The van der Waals surface area contributed by atoms with Crippen molar-refractivity contribution >= 4 is 23.3 Å². The van der Waals surface area contributed by atoms with Gasteiger partial charge >= 0.3 is 5.97 Å². The number of nitrogens with zero attached hydrogens (tertiary/aromatic N) is 1. The minimum atomic E-state index is -1.65. The zero-order valence-electron chi connectivity index (χ0n) is 18.4. The molecule has 3 aromatic rings. The Kier molecular flexibility index (Phi) is 4.14. The minimum Gasteiger partial charge on any atom is -0.478 e. The summed E-state index contributed by atoms with van der Waals surface area (Å²) in [5.74, 6) is -2.37. The van der Waals surface area contributed by atoms with Crippen LogP contribution < -0.4 is 0 Å². The molecule has 1 heterocycles. The highest BCUT2D eigenvalue weighted by Crippen LogP contribution is 2.63. The molecule has 0 radical (unpaired) electrons. The average molecular weight is 451 g/mol. The van der Waals surface area contributed by atoms with Gasteiger partial charge in [0.2, 0.25) is 0 Å². The van der Waals surface area contributed by atoms with E-state index in [2.05, 4.69) is 0 Å². The first kappa shape index (κ1) is 20.7. The maximum atomic E-state index is 14.3. The molecule has 3 aliphatic rings. The lowest BCUT2D eigenvalue weighted by Gasteiger charge is -2.42. The van der Waals surface area contributed by atoms with Crippen molar-refractivity contribution in [3.05, 3.63) is 106 Å². The number of carbonyl (C=O) groups excluding carboxylic acids is 3. The summed E-state index contributed by atoms with van der Waals surface area (Å²) in [5.41, 5.74) is -0.0287. The van der Waals surface area contributed by atoms with Crippen molar-refractivity contribution in [2.75, 3.05) is 13.6 Å². The maximum Gasteiger partial charge on any atom is 0.335 e. The van der Waals surface area contributed by atoms with Crippen LogP contribution in [0.2, 0.25) is 0 Å². The number of Topliss-reactive ketones (excluding diaryl/α,β-unsaturated/α-hetero) is 3. The average Bonchev–Trinajstić information content (AvgIpc) is 3.38. The second kappa shape index (κ2) is 6.81. The molecular formula is C28H21NO5. The van der Waals surface area contributed by atoms with Crippen molar-refractivity contribution < 1.29 is 24.3 Å². The third-order valence-electron chi connectivity index (χ3n) is 8.04. The lowest BCUT2D eigenvalue weighted by molar-refractivity contribution is 0.0340. The van der Waals surface area contributed by atoms with Gasteiger partial charge in [-0.25, -0.2) is 4.79 Å². The highest BCUT2D eigenvalue weighted by molar-refractivity contribution is 6.36. The Balaban J connectivity index is 1.62. The standard InChI is InChI=1S/C28H21NO5/c1-29-15-22(16-10-12-17(13-11-16)26(33)34)27(14-18-6-2-3-7-19(18)23(27)30)28(29)24(31)20-8-4-5-9-21(20)25(28)32/h2-13,22H,14-15H2,1H3,(H,33,34). The van der Waals surface area contributed by atoms with Crippen LogP contribution in [-0.4, -0.2) is 52.5 Å². The first-order valence-corrected chi connectivity index (χ1v) is 11.2. The van der Waals surface area contributed by atoms with Gasteiger partial charge in [0.25, 0.3) is 0 Å². The van der Waals surface area contributed by atoms with Crippen LogP contribution in [0.15, 0.2) is 72.8 Å². The van der Waals surface area contributed by atoms with E-state index in [-0.39, 0.29) is 29.3 Å². The van der Waals surface area contributed by atoms with Crippen molar-refractivity contribution in [3.63, 3.8) is 0 Å². The smallest absolute Gasteiger partial charge is 0.335 e. The van der Waals surface area contributed by atoms with Gasteiger partial charge in [0.05, 0.1) is 11.0 Å². The number of carbonyl (C=O) groups is 4. The number of ketones is 3. The van der Waals surface area contributed by atoms with Gasteiger partial charge in [0.1, 0.15) is 0 Å². The summed E-state index contributed by atoms with van der Waals surface area (Å²) in [4.78, 5) is 55.7. The van der Waals surface area contributed by atoms with Gasteiger partial charge in [-0.1, -0.05) is 60.7 Å². The molecule has 6 nitrogen and oxygen atoms in total. The van der Waals surface area contributed by atoms with E-state index in [0.717, 1.165) is 11.1 Å². The van der Waals surface area contributed by atoms with Gasteiger partial charge < -0.3 is 5.11 Å². The molecule has 3 aromatic carbocycles. The van der Waals surface area contributed by atoms with Crippen LogP contribution in [0.25, 0.3) is 0 Å². The number of aromatic carboxylic acids is 1. The first-order valence-electron chi connectivity index (χ1n) is 11.2. The van der Waals surface area contributed by atoms with Crippen LogP contribution in [0.1, 0.15) is 58.5 Å². The predicted molar refractivity (Wildman–Crippen MR) is 124 cm³/mol. The van der Waals surface area contributed by atoms with Crippen LogP contribution >= 0.6 is 0 Å². The van der Waals surface area contributed by atoms with Crippen molar-refractivity contribution in [1.82, 2.24) is 4.90 Å². The largest absolute Gasteiger partial charge is 0.478 e. The molecule has 2 unspecified atom stereocenters. The predicted octanol–water partition coefficient (Wildman–Crippen LogP) is 3.66. The van der Waals surface area contributed by atoms with Crippen LogP contribution in [0.3, 0.4) is 0 Å². The van der Waals surface area contributed by atoms with Crippen LogP contribution in [-0.2, 0) is 6.42 Å². The van der Waals surface area contributed by atoms with Crippen LogP contribution in [0, 0.1) is 5.41 Å². The third kappa shape index (κ3) is 2.23. The van der Waals surface area contributed by atoms with Gasteiger partial charge in [-0.05, 0) is 36.7 Å². The Morgan fingerprint density at radius 2 is 1.38 bits per heavy atom. The van der Waals surface area contributed by atoms with E-state index in [0.29, 0.717) is 23.2 Å². The first-order chi connectivity index (χ1) is 16.3. The molecule has 1 aliphatic heterocycles. The Morgan fingerprint density at radius 1 is 0.824 bits per heavy atom. The van der Waals surface area contributed by atoms with E-state index < -0.39 is 22.8 Å². The number of hydrogen-bond donors (Lipinski definition) is 1. The molecule has 1 N–H and O–H groups in total. The van der Waals surface area contributed by atoms with Gasteiger partial charge in [0.15, 0.2) is 22.9 Å². The highest BCUT2D eigenvalue weighted by atomic mass is 16.4. The molecule has 2 spiro atoms. The quantitative estimate of drug-likeness (QED) is 0.598. The molecule has 6 heteroatoms. The zero-order valence-corrected chi connectivity index (χ0v) is 18.4. The number of fused-ring (bicyclic) bond motifs is 3. The van der Waals surface area contributed by atoms with Crippen LogP contribution in [0.4, 0.5) is 0 Å². The summed E-state index contributed by atoms with van der Waals surface area (Å²) < 4.78 is 0. The molecule has 1 saturated heterocycles. The second-order valence-electron chi connectivity index (χ2n) is 9.41. The van der Waals surface area contributed by atoms with Crippen molar-refractivity contribution in [3.8, 4) is 0 Å². The maximum absolute atomic E-state index is 14.3. The summed E-state index contributed by atoms with van der Waals surface area (Å²) in [6.07, 6.45) is 0.267. The number of likely N-dealkylation sites (tertiary alicyclic amines) is 1. The van der Waals surface area contributed by atoms with Gasteiger partial charge in [-0.15, -0.1) is 0 Å². The molecule has 2 atom stereocenters. The van der Waals surface area contributed by atoms with E-state index in [1.165, 1.54) is 12.1 Å². The summed E-state index contributed by atoms with van der Waals surface area (Å²) in [6, 6.07) is 20.5. The molecule has 0 bridgehead atoms. The Bertz CT molecular complexity index is 1390. The number of rotatable bonds is 2. The van der Waals surface area contributed by atoms with Crippen molar-refractivity contribution in [1.29, 1.82) is 0 Å². The molecule has 0 saturated carbocycles. The topological polar surface area (TPSA) is 91.8 Å². The number of hydrogen-bond acceptors (Lipinski definition) is 5. The summed E-state index contributed by atoms with van der Waals surface area (Å²) in [6.45, 7) is 0.317. The molecule has 2 aliphatic carbocycles. The van der Waals surface area contributed by atoms with Gasteiger partial charge in [-0.2, -0.15) is 0 Å². The fourth-order valence-corrected chi connectivity index (χ4v) is 6.62. The van der Waals surface area contributed by atoms with Crippen molar-refractivity contribution in [2.45, 2.75) is 17.9 Å². The lowest BCUT2D eigenvalue weighted by Crippen LogP contribution is -2.63. The molecule has 0 aromatic heterocycles. The third-order valence-corrected chi connectivity index (χ3v) is 8.04. The van der Waals surface area contributed by atoms with E-state index in [4.69, 9.17) is 0 Å². The SMILES string of the molecule is CN1CC(c2ccc(C(=O)O)cc2)C2(Cc3ccccc3C2=O)C12C(=O)c1ccccc1C2=O. The highest BCUT2D eigenvalue weighted by Gasteiger charge is 2.77. The number of carboxylic acids is 1. The Labute approximate surface area is 195 Å². The summed E-state index contributed by atoms with van der Waals surface area (Å²) >= 11 is 0. The van der Waals surface area contributed by atoms with Crippen molar-refractivity contribution in [2.24, 2.45) is 5.41 Å². The number of benzene rings is 3.